The van der Waals surface area contributed by atoms with E-state index in [4.69, 9.17) is 0 Å². The molecule has 1 aromatic rings. The van der Waals surface area contributed by atoms with Gasteiger partial charge in [0.25, 0.3) is 0 Å². The number of halogens is 2. The van der Waals surface area contributed by atoms with Crippen LogP contribution in [0, 0.1) is 23.0 Å². The van der Waals surface area contributed by atoms with E-state index >= 15 is 0 Å². The molecule has 0 aliphatic heterocycles. The highest BCUT2D eigenvalue weighted by molar-refractivity contribution is 5.26. The first-order valence-corrected chi connectivity index (χ1v) is 6.70. The van der Waals surface area contributed by atoms with Gasteiger partial charge in [0, 0.05) is 6.04 Å². The van der Waals surface area contributed by atoms with Crippen LogP contribution < -0.4 is 0 Å². The van der Waals surface area contributed by atoms with Crippen LogP contribution in [0.3, 0.4) is 0 Å². The molecule has 0 spiro atoms. The normalized spacial score (nSPS) is 18.3. The zero-order valence-electron chi connectivity index (χ0n) is 11.1. The highest BCUT2D eigenvalue weighted by atomic mass is 19.2. The van der Waals surface area contributed by atoms with Gasteiger partial charge in [-0.3, -0.25) is 4.90 Å². The summed E-state index contributed by atoms with van der Waals surface area (Å²) in [5.74, 6) is -1.77. The summed E-state index contributed by atoms with van der Waals surface area (Å²) < 4.78 is 26.2. The van der Waals surface area contributed by atoms with Crippen LogP contribution in [0.5, 0.6) is 0 Å². The molecule has 0 heterocycles. The Balaban J connectivity index is 2.18. The lowest BCUT2D eigenvalue weighted by Gasteiger charge is -2.34. The molecule has 0 radical (unpaired) electrons. The Morgan fingerprint density at radius 3 is 2.47 bits per heavy atom. The molecule has 1 aromatic carbocycles. The molecule has 1 unspecified atom stereocenters. The number of benzene rings is 1. The minimum Gasteiger partial charge on any atom is -0.284 e. The van der Waals surface area contributed by atoms with E-state index in [1.165, 1.54) is 25.3 Å². The van der Waals surface area contributed by atoms with Gasteiger partial charge in [-0.2, -0.15) is 5.26 Å². The van der Waals surface area contributed by atoms with Crippen LogP contribution in [0.4, 0.5) is 8.78 Å². The Hall–Kier alpha value is -1.47. The van der Waals surface area contributed by atoms with Gasteiger partial charge in [0.15, 0.2) is 11.6 Å². The first-order chi connectivity index (χ1) is 9.13. The van der Waals surface area contributed by atoms with E-state index in [2.05, 4.69) is 6.07 Å². The van der Waals surface area contributed by atoms with Crippen molar-refractivity contribution in [1.29, 1.82) is 5.26 Å². The van der Waals surface area contributed by atoms with Crippen LogP contribution in [0.25, 0.3) is 0 Å². The molecule has 0 bridgehead atoms. The Kier molecular flexibility index (Phi) is 4.49. The number of hydrogen-bond acceptors (Lipinski definition) is 2. The van der Waals surface area contributed by atoms with E-state index < -0.39 is 17.7 Å². The fourth-order valence-electron chi connectivity index (χ4n) is 2.78. The summed E-state index contributed by atoms with van der Waals surface area (Å²) in [5.41, 5.74) is 0.523. The average Bonchev–Trinajstić information content (AvgIpc) is 2.44. The summed E-state index contributed by atoms with van der Waals surface area (Å²) >= 11 is 0. The van der Waals surface area contributed by atoms with Crippen molar-refractivity contribution in [3.8, 4) is 6.07 Å². The van der Waals surface area contributed by atoms with Crippen molar-refractivity contribution >= 4 is 0 Å². The van der Waals surface area contributed by atoms with Gasteiger partial charge in [-0.25, -0.2) is 8.78 Å². The first-order valence-electron chi connectivity index (χ1n) is 6.70. The molecule has 4 heteroatoms. The van der Waals surface area contributed by atoms with Gasteiger partial charge in [-0.15, -0.1) is 0 Å². The fourth-order valence-corrected chi connectivity index (χ4v) is 2.78. The van der Waals surface area contributed by atoms with Crippen molar-refractivity contribution in [3.05, 3.63) is 35.4 Å². The van der Waals surface area contributed by atoms with Crippen molar-refractivity contribution in [2.75, 3.05) is 7.05 Å². The Bertz CT molecular complexity index is 476. The van der Waals surface area contributed by atoms with E-state index in [-0.39, 0.29) is 0 Å². The quantitative estimate of drug-likeness (QED) is 0.830. The van der Waals surface area contributed by atoms with Gasteiger partial charge in [0.05, 0.1) is 6.07 Å². The highest BCUT2D eigenvalue weighted by Crippen LogP contribution is 2.29. The summed E-state index contributed by atoms with van der Waals surface area (Å²) in [6, 6.07) is 5.74. The first kappa shape index (κ1) is 14.0. The third kappa shape index (κ3) is 3.10. The summed E-state index contributed by atoms with van der Waals surface area (Å²) in [4.78, 5) is 1.99. The zero-order chi connectivity index (χ0) is 13.8. The largest absolute Gasteiger partial charge is 0.284 e. The van der Waals surface area contributed by atoms with Crippen LogP contribution in [0.2, 0.25) is 0 Å². The maximum atomic E-state index is 13.3. The van der Waals surface area contributed by atoms with Crippen LogP contribution in [0.15, 0.2) is 18.2 Å². The highest BCUT2D eigenvalue weighted by Gasteiger charge is 2.26. The smallest absolute Gasteiger partial charge is 0.159 e. The predicted octanol–water partition coefficient (Wildman–Crippen LogP) is 3.79. The van der Waals surface area contributed by atoms with Gasteiger partial charge < -0.3 is 0 Å². The topological polar surface area (TPSA) is 27.0 Å². The molecular formula is C15H18F2N2. The summed E-state index contributed by atoms with van der Waals surface area (Å²) in [6.45, 7) is 0. The number of hydrogen-bond donors (Lipinski definition) is 0. The second-order valence-electron chi connectivity index (χ2n) is 5.16. The van der Waals surface area contributed by atoms with Crippen LogP contribution in [-0.2, 0) is 0 Å². The lowest BCUT2D eigenvalue weighted by atomic mass is 9.92. The van der Waals surface area contributed by atoms with Gasteiger partial charge >= 0.3 is 0 Å². The molecule has 1 aliphatic carbocycles. The molecule has 2 rings (SSSR count). The van der Waals surface area contributed by atoms with E-state index in [9.17, 15) is 14.0 Å². The van der Waals surface area contributed by atoms with Crippen molar-refractivity contribution in [2.24, 2.45) is 0 Å². The third-order valence-electron chi connectivity index (χ3n) is 3.94. The van der Waals surface area contributed by atoms with Crippen molar-refractivity contribution in [1.82, 2.24) is 4.90 Å². The molecule has 1 aliphatic rings. The molecule has 0 saturated heterocycles. The van der Waals surface area contributed by atoms with Crippen LogP contribution in [-0.4, -0.2) is 18.0 Å². The standard InChI is InChI=1S/C15H18F2N2/c1-19(12-5-3-2-4-6-12)15(10-18)11-7-8-13(16)14(17)9-11/h7-9,12,15H,2-6H2,1H3. The predicted molar refractivity (Wildman–Crippen MR) is 69.3 cm³/mol. The molecule has 0 N–H and O–H groups in total. The maximum absolute atomic E-state index is 13.3. The minimum atomic E-state index is -0.894. The second kappa shape index (κ2) is 6.12. The number of rotatable bonds is 3. The van der Waals surface area contributed by atoms with Crippen LogP contribution in [0.1, 0.15) is 43.7 Å². The molecule has 2 nitrogen and oxygen atoms in total. The van der Waals surface area contributed by atoms with E-state index in [1.54, 1.807) is 0 Å². The molecule has 102 valence electrons. The Morgan fingerprint density at radius 2 is 1.89 bits per heavy atom. The van der Waals surface area contributed by atoms with Gasteiger partial charge in [-0.05, 0) is 37.6 Å². The fraction of sp³-hybridized carbons (Fsp3) is 0.533. The van der Waals surface area contributed by atoms with Crippen molar-refractivity contribution in [2.45, 2.75) is 44.2 Å². The molecule has 1 atom stereocenters. The van der Waals surface area contributed by atoms with Crippen molar-refractivity contribution in [3.63, 3.8) is 0 Å². The molecule has 0 aromatic heterocycles. The van der Waals surface area contributed by atoms with Crippen LogP contribution >= 0.6 is 0 Å². The minimum absolute atomic E-state index is 0.353. The number of nitriles is 1. The number of nitrogens with zero attached hydrogens (tertiary/aromatic N) is 2. The lowest BCUT2D eigenvalue weighted by molar-refractivity contribution is 0.164. The van der Waals surface area contributed by atoms with E-state index in [0.29, 0.717) is 11.6 Å². The Morgan fingerprint density at radius 1 is 1.21 bits per heavy atom. The summed E-state index contributed by atoms with van der Waals surface area (Å²) in [6.07, 6.45) is 5.72. The molecular weight excluding hydrogens is 246 g/mol. The van der Waals surface area contributed by atoms with Gasteiger partial charge in [0.1, 0.15) is 6.04 Å². The van der Waals surface area contributed by atoms with Gasteiger partial charge in [-0.1, -0.05) is 25.3 Å². The van der Waals surface area contributed by atoms with E-state index in [1.807, 2.05) is 11.9 Å². The monoisotopic (exact) mass is 264 g/mol. The molecule has 19 heavy (non-hydrogen) atoms. The molecule has 1 fully saturated rings. The average molecular weight is 264 g/mol. The molecule has 0 amide bonds. The third-order valence-corrected chi connectivity index (χ3v) is 3.94. The SMILES string of the molecule is CN(C1CCCCC1)C(C#N)c1ccc(F)c(F)c1. The van der Waals surface area contributed by atoms with E-state index in [0.717, 1.165) is 25.0 Å². The molecule has 1 saturated carbocycles. The Labute approximate surface area is 112 Å². The summed E-state index contributed by atoms with van der Waals surface area (Å²) in [5, 5.41) is 9.33. The lowest BCUT2D eigenvalue weighted by Crippen LogP contribution is -2.36. The zero-order valence-corrected chi connectivity index (χ0v) is 11.1. The summed E-state index contributed by atoms with van der Waals surface area (Å²) in [7, 11) is 1.89. The maximum Gasteiger partial charge on any atom is 0.159 e. The van der Waals surface area contributed by atoms with Gasteiger partial charge in [0.2, 0.25) is 0 Å². The second-order valence-corrected chi connectivity index (χ2v) is 5.16. The van der Waals surface area contributed by atoms with Crippen molar-refractivity contribution < 1.29 is 8.78 Å².